The summed E-state index contributed by atoms with van der Waals surface area (Å²) in [5.74, 6) is 0.136. The molecule has 0 saturated heterocycles. The summed E-state index contributed by atoms with van der Waals surface area (Å²) in [6.45, 7) is 7.30. The van der Waals surface area contributed by atoms with E-state index >= 15 is 0 Å². The van der Waals surface area contributed by atoms with E-state index in [1.54, 1.807) is 12.1 Å². The fourth-order valence-electron chi connectivity index (χ4n) is 2.72. The first-order valence-corrected chi connectivity index (χ1v) is 9.67. The van der Waals surface area contributed by atoms with Gasteiger partial charge in [-0.3, -0.25) is 4.79 Å². The van der Waals surface area contributed by atoms with Crippen LogP contribution in [0.15, 0.2) is 41.3 Å². The molecule has 0 aliphatic heterocycles. The Hall–Kier alpha value is -2.38. The Bertz CT molecular complexity index is 883. The number of hydrogen-bond donors (Lipinski definition) is 2. The van der Waals surface area contributed by atoms with Gasteiger partial charge in [0.1, 0.15) is 5.75 Å². The van der Waals surface area contributed by atoms with Crippen LogP contribution in [-0.4, -0.2) is 27.5 Å². The van der Waals surface area contributed by atoms with E-state index in [1.807, 2.05) is 32.9 Å². The van der Waals surface area contributed by atoms with Crippen LogP contribution in [0, 0.1) is 20.8 Å². The molecule has 6 nitrogen and oxygen atoms in total. The van der Waals surface area contributed by atoms with Gasteiger partial charge < -0.3 is 10.1 Å². The number of hydrogen-bond acceptors (Lipinski definition) is 4. The molecule has 2 aromatic carbocycles. The van der Waals surface area contributed by atoms with E-state index in [-0.39, 0.29) is 4.90 Å². The standard InChI is InChI=1S/C19H24N2O4S/c1-12-10-13(2)18(14(3)11-12)20-19(22)15(4)21-26(23,24)17-8-6-16(25-5)7-9-17/h6-11,15,21H,1-5H3,(H,20,22)/t15-/m1/s1. The first-order chi connectivity index (χ1) is 12.1. The van der Waals surface area contributed by atoms with Gasteiger partial charge in [-0.25, -0.2) is 8.42 Å². The van der Waals surface area contributed by atoms with Crippen molar-refractivity contribution in [3.8, 4) is 5.75 Å². The Labute approximate surface area is 154 Å². The monoisotopic (exact) mass is 376 g/mol. The van der Waals surface area contributed by atoms with E-state index in [9.17, 15) is 13.2 Å². The van der Waals surface area contributed by atoms with Crippen molar-refractivity contribution in [2.45, 2.75) is 38.6 Å². The topological polar surface area (TPSA) is 84.5 Å². The fourth-order valence-corrected chi connectivity index (χ4v) is 3.92. The first kappa shape index (κ1) is 19.9. The highest BCUT2D eigenvalue weighted by Gasteiger charge is 2.23. The fraction of sp³-hybridized carbons (Fsp3) is 0.316. The number of aryl methyl sites for hydroxylation is 3. The third-order valence-corrected chi connectivity index (χ3v) is 5.58. The molecule has 26 heavy (non-hydrogen) atoms. The summed E-state index contributed by atoms with van der Waals surface area (Å²) in [4.78, 5) is 12.5. The molecule has 2 rings (SSSR count). The molecular weight excluding hydrogens is 352 g/mol. The van der Waals surface area contributed by atoms with Crippen molar-refractivity contribution in [2.24, 2.45) is 0 Å². The minimum absolute atomic E-state index is 0.0700. The number of rotatable bonds is 6. The van der Waals surface area contributed by atoms with E-state index in [0.717, 1.165) is 16.7 Å². The van der Waals surface area contributed by atoms with Crippen molar-refractivity contribution >= 4 is 21.6 Å². The zero-order valence-corrected chi connectivity index (χ0v) is 16.4. The maximum Gasteiger partial charge on any atom is 0.242 e. The first-order valence-electron chi connectivity index (χ1n) is 8.19. The molecule has 0 aliphatic carbocycles. The lowest BCUT2D eigenvalue weighted by Gasteiger charge is -2.17. The van der Waals surface area contributed by atoms with E-state index < -0.39 is 22.0 Å². The van der Waals surface area contributed by atoms with E-state index in [4.69, 9.17) is 4.74 Å². The van der Waals surface area contributed by atoms with Gasteiger partial charge in [-0.2, -0.15) is 4.72 Å². The number of carbonyl (C=O) groups excluding carboxylic acids is 1. The molecule has 0 bridgehead atoms. The van der Waals surface area contributed by atoms with Crippen LogP contribution in [0.1, 0.15) is 23.6 Å². The van der Waals surface area contributed by atoms with Crippen molar-refractivity contribution < 1.29 is 17.9 Å². The average Bonchev–Trinajstić information content (AvgIpc) is 2.57. The Kier molecular flexibility index (Phi) is 6.05. The van der Waals surface area contributed by atoms with Gasteiger partial charge in [0.2, 0.25) is 15.9 Å². The van der Waals surface area contributed by atoms with E-state index in [2.05, 4.69) is 10.0 Å². The van der Waals surface area contributed by atoms with Crippen LogP contribution < -0.4 is 14.8 Å². The molecule has 0 aliphatic rings. The zero-order valence-electron chi connectivity index (χ0n) is 15.6. The Morgan fingerprint density at radius 1 is 1.04 bits per heavy atom. The minimum atomic E-state index is -3.82. The SMILES string of the molecule is COc1ccc(S(=O)(=O)N[C@H](C)C(=O)Nc2c(C)cc(C)cc2C)cc1. The summed E-state index contributed by atoms with van der Waals surface area (Å²) in [6, 6.07) is 8.97. The van der Waals surface area contributed by atoms with Crippen LogP contribution in [0.3, 0.4) is 0 Å². The lowest BCUT2D eigenvalue weighted by Crippen LogP contribution is -2.41. The van der Waals surface area contributed by atoms with Gasteiger partial charge in [0.15, 0.2) is 0 Å². The summed E-state index contributed by atoms with van der Waals surface area (Å²) < 4.78 is 32.3. The van der Waals surface area contributed by atoms with Crippen molar-refractivity contribution in [1.29, 1.82) is 0 Å². The second kappa shape index (κ2) is 7.88. The Morgan fingerprint density at radius 2 is 1.58 bits per heavy atom. The van der Waals surface area contributed by atoms with Gasteiger partial charge in [-0.15, -0.1) is 0 Å². The van der Waals surface area contributed by atoms with Crippen LogP contribution >= 0.6 is 0 Å². The van der Waals surface area contributed by atoms with Crippen molar-refractivity contribution in [1.82, 2.24) is 4.72 Å². The minimum Gasteiger partial charge on any atom is -0.497 e. The summed E-state index contributed by atoms with van der Waals surface area (Å²) >= 11 is 0. The summed E-state index contributed by atoms with van der Waals surface area (Å²) in [5, 5.41) is 2.81. The van der Waals surface area contributed by atoms with Crippen molar-refractivity contribution in [3.05, 3.63) is 53.1 Å². The van der Waals surface area contributed by atoms with Gasteiger partial charge in [0, 0.05) is 5.69 Å². The molecule has 1 amide bonds. The third kappa shape index (κ3) is 4.62. The molecule has 0 spiro atoms. The second-order valence-corrected chi connectivity index (χ2v) is 8.00. The number of anilines is 1. The number of carbonyl (C=O) groups is 1. The van der Waals surface area contributed by atoms with E-state index in [0.29, 0.717) is 11.4 Å². The lowest BCUT2D eigenvalue weighted by atomic mass is 10.0. The number of nitrogens with one attached hydrogen (secondary N) is 2. The van der Waals surface area contributed by atoms with Gasteiger partial charge >= 0.3 is 0 Å². The third-order valence-electron chi connectivity index (χ3n) is 4.02. The quantitative estimate of drug-likeness (QED) is 0.812. The lowest BCUT2D eigenvalue weighted by molar-refractivity contribution is -0.117. The molecule has 0 fully saturated rings. The molecule has 0 unspecified atom stereocenters. The predicted molar refractivity (Wildman–Crippen MR) is 102 cm³/mol. The Balaban J connectivity index is 2.13. The number of sulfonamides is 1. The zero-order chi connectivity index (χ0) is 19.5. The number of methoxy groups -OCH3 is 1. The van der Waals surface area contributed by atoms with E-state index in [1.165, 1.54) is 26.2 Å². The van der Waals surface area contributed by atoms with Gasteiger partial charge in [0.25, 0.3) is 0 Å². The summed E-state index contributed by atoms with van der Waals surface area (Å²) in [5.41, 5.74) is 3.67. The highest BCUT2D eigenvalue weighted by atomic mass is 32.2. The van der Waals surface area contributed by atoms with Gasteiger partial charge in [-0.1, -0.05) is 17.7 Å². The molecular formula is C19H24N2O4S. The molecule has 2 aromatic rings. The van der Waals surface area contributed by atoms with Gasteiger partial charge in [-0.05, 0) is 63.1 Å². The smallest absolute Gasteiger partial charge is 0.242 e. The molecule has 0 heterocycles. The second-order valence-electron chi connectivity index (χ2n) is 6.28. The summed E-state index contributed by atoms with van der Waals surface area (Å²) in [6.07, 6.45) is 0. The molecule has 1 atom stereocenters. The number of amides is 1. The average molecular weight is 376 g/mol. The highest BCUT2D eigenvalue weighted by molar-refractivity contribution is 7.89. The van der Waals surface area contributed by atoms with Crippen LogP contribution in [0.2, 0.25) is 0 Å². The van der Waals surface area contributed by atoms with Crippen molar-refractivity contribution in [3.63, 3.8) is 0 Å². The van der Waals surface area contributed by atoms with Crippen LogP contribution in [0.4, 0.5) is 5.69 Å². The van der Waals surface area contributed by atoms with Crippen LogP contribution in [-0.2, 0) is 14.8 Å². The molecule has 2 N–H and O–H groups in total. The maximum absolute atomic E-state index is 12.5. The van der Waals surface area contributed by atoms with Crippen molar-refractivity contribution in [2.75, 3.05) is 12.4 Å². The van der Waals surface area contributed by atoms with Gasteiger partial charge in [0.05, 0.1) is 18.0 Å². The normalized spacial score (nSPS) is 12.5. The van der Waals surface area contributed by atoms with Crippen LogP contribution in [0.25, 0.3) is 0 Å². The maximum atomic E-state index is 12.5. The Morgan fingerprint density at radius 3 is 2.08 bits per heavy atom. The van der Waals surface area contributed by atoms with Crippen LogP contribution in [0.5, 0.6) is 5.75 Å². The number of ether oxygens (including phenoxy) is 1. The largest absolute Gasteiger partial charge is 0.497 e. The predicted octanol–water partition coefficient (Wildman–Crippen LogP) is 2.93. The number of benzene rings is 2. The molecule has 140 valence electrons. The molecule has 0 aromatic heterocycles. The molecule has 0 radical (unpaired) electrons. The highest BCUT2D eigenvalue weighted by Crippen LogP contribution is 2.22. The molecule has 0 saturated carbocycles. The summed E-state index contributed by atoms with van der Waals surface area (Å²) in [7, 11) is -2.31. The molecule has 7 heteroatoms.